The first-order valence-electron chi connectivity index (χ1n) is 5.06. The number of hydrogen-bond donors (Lipinski definition) is 2. The van der Waals surface area contributed by atoms with Crippen molar-refractivity contribution in [2.24, 2.45) is 0 Å². The molecule has 2 N–H and O–H groups in total. The Hall–Kier alpha value is -2.94. The van der Waals surface area contributed by atoms with E-state index in [0.717, 1.165) is 0 Å². The first-order valence-corrected chi connectivity index (χ1v) is 5.06. The van der Waals surface area contributed by atoms with Gasteiger partial charge in [-0.1, -0.05) is 0 Å². The van der Waals surface area contributed by atoms with E-state index < -0.39 is 11.5 Å². The third-order valence-corrected chi connectivity index (χ3v) is 2.25. The van der Waals surface area contributed by atoms with Crippen LogP contribution >= 0.6 is 0 Å². The summed E-state index contributed by atoms with van der Waals surface area (Å²) in [6, 6.07) is 9.46. The molecule has 2 aromatic rings. The number of amides is 1. The summed E-state index contributed by atoms with van der Waals surface area (Å²) in [6.07, 6.45) is 1.37. The Morgan fingerprint density at radius 1 is 1.28 bits per heavy atom. The third kappa shape index (κ3) is 2.41. The van der Waals surface area contributed by atoms with Gasteiger partial charge in [0.05, 0.1) is 11.6 Å². The van der Waals surface area contributed by atoms with Crippen molar-refractivity contribution in [1.29, 1.82) is 5.26 Å². The van der Waals surface area contributed by atoms with E-state index in [0.29, 0.717) is 11.1 Å². The number of nitrogens with one attached hydrogen (secondary N) is 2. The molecule has 0 spiro atoms. The summed E-state index contributed by atoms with van der Waals surface area (Å²) in [5.41, 5.74) is 0.484. The molecular formula is C12H8N4O2. The Morgan fingerprint density at radius 3 is 2.61 bits per heavy atom. The molecule has 0 bridgehead atoms. The summed E-state index contributed by atoms with van der Waals surface area (Å²) >= 11 is 0. The van der Waals surface area contributed by atoms with Crippen LogP contribution in [0.1, 0.15) is 15.9 Å². The van der Waals surface area contributed by atoms with Crippen LogP contribution in [0, 0.1) is 11.3 Å². The van der Waals surface area contributed by atoms with Crippen molar-refractivity contribution in [1.82, 2.24) is 10.2 Å². The van der Waals surface area contributed by atoms with E-state index >= 15 is 0 Å². The van der Waals surface area contributed by atoms with Crippen molar-refractivity contribution >= 4 is 11.6 Å². The van der Waals surface area contributed by atoms with Crippen molar-refractivity contribution in [3.8, 4) is 6.07 Å². The lowest BCUT2D eigenvalue weighted by molar-refractivity contribution is 0.102. The molecular weight excluding hydrogens is 232 g/mol. The number of H-pyrrole nitrogens is 1. The van der Waals surface area contributed by atoms with Crippen molar-refractivity contribution in [3.05, 3.63) is 58.0 Å². The van der Waals surface area contributed by atoms with Gasteiger partial charge in [-0.15, -0.1) is 0 Å². The van der Waals surface area contributed by atoms with Crippen LogP contribution in [-0.4, -0.2) is 16.1 Å². The highest BCUT2D eigenvalue weighted by Gasteiger charge is 2.07. The Kier molecular flexibility index (Phi) is 3.16. The number of carbonyl (C=O) groups is 1. The summed E-state index contributed by atoms with van der Waals surface area (Å²) < 4.78 is 0. The van der Waals surface area contributed by atoms with Crippen LogP contribution in [0.25, 0.3) is 0 Å². The fourth-order valence-corrected chi connectivity index (χ4v) is 1.33. The minimum Gasteiger partial charge on any atom is -0.317 e. The van der Waals surface area contributed by atoms with E-state index in [-0.39, 0.29) is 5.69 Å². The second-order valence-electron chi connectivity index (χ2n) is 3.44. The topological polar surface area (TPSA) is 98.6 Å². The van der Waals surface area contributed by atoms with Crippen LogP contribution in [0.2, 0.25) is 0 Å². The fourth-order valence-electron chi connectivity index (χ4n) is 1.33. The van der Waals surface area contributed by atoms with Crippen LogP contribution in [-0.2, 0) is 0 Å². The minimum absolute atomic E-state index is 0.124. The summed E-state index contributed by atoms with van der Waals surface area (Å²) in [5, 5.41) is 16.8. The van der Waals surface area contributed by atoms with E-state index in [4.69, 9.17) is 5.26 Å². The number of hydrogen-bond acceptors (Lipinski definition) is 4. The molecule has 1 heterocycles. The molecule has 0 saturated heterocycles. The average molecular weight is 240 g/mol. The summed E-state index contributed by atoms with van der Waals surface area (Å²) in [5.74, 6) is -0.420. The lowest BCUT2D eigenvalue weighted by Gasteiger charge is -2.03. The largest absolute Gasteiger partial charge is 0.317 e. The predicted octanol–water partition coefficient (Wildman–Crippen LogP) is 0.894. The van der Waals surface area contributed by atoms with Gasteiger partial charge in [-0.2, -0.15) is 10.4 Å². The summed E-state index contributed by atoms with van der Waals surface area (Å²) in [6.45, 7) is 0. The molecule has 0 atom stereocenters. The number of carbonyl (C=O) groups excluding carboxylic acids is 1. The molecule has 6 nitrogen and oxygen atoms in total. The molecule has 1 aromatic carbocycles. The number of aromatic nitrogens is 2. The van der Waals surface area contributed by atoms with Crippen LogP contribution in [0.4, 0.5) is 5.69 Å². The molecule has 0 unspecified atom stereocenters. The molecule has 0 fully saturated rings. The molecule has 88 valence electrons. The molecule has 0 aliphatic rings. The highest BCUT2D eigenvalue weighted by Crippen LogP contribution is 2.06. The third-order valence-electron chi connectivity index (χ3n) is 2.25. The quantitative estimate of drug-likeness (QED) is 0.814. The molecule has 1 aromatic heterocycles. The molecule has 0 aliphatic heterocycles. The smallest absolute Gasteiger partial charge is 0.287 e. The van der Waals surface area contributed by atoms with Gasteiger partial charge in [-0.05, 0) is 30.3 Å². The number of nitrogens with zero attached hydrogens (tertiary/aromatic N) is 2. The zero-order chi connectivity index (χ0) is 13.0. The lowest BCUT2D eigenvalue weighted by atomic mass is 10.1. The Bertz CT molecular complexity index is 667. The second kappa shape index (κ2) is 4.93. The Morgan fingerprint density at radius 2 is 2.00 bits per heavy atom. The zero-order valence-electron chi connectivity index (χ0n) is 9.18. The van der Waals surface area contributed by atoms with Crippen molar-refractivity contribution < 1.29 is 4.79 Å². The van der Waals surface area contributed by atoms with E-state index in [1.54, 1.807) is 0 Å². The maximum Gasteiger partial charge on any atom is 0.287 e. The maximum atomic E-state index is 11.8. The monoisotopic (exact) mass is 240 g/mol. The number of benzene rings is 1. The zero-order valence-corrected chi connectivity index (χ0v) is 9.18. The fraction of sp³-hybridized carbons (Fsp3) is 0. The van der Waals surface area contributed by atoms with Crippen LogP contribution in [0.5, 0.6) is 0 Å². The van der Waals surface area contributed by atoms with E-state index in [1.165, 1.54) is 36.5 Å². The molecule has 1 amide bonds. The molecule has 6 heteroatoms. The van der Waals surface area contributed by atoms with Gasteiger partial charge in [0.1, 0.15) is 5.69 Å². The molecule has 2 rings (SSSR count). The highest BCUT2D eigenvalue weighted by atomic mass is 16.2. The number of aromatic amines is 1. The SMILES string of the molecule is N#Cc1ccc(C(=O)Nc2ccn[nH]c2=O)cc1. The predicted molar refractivity (Wildman–Crippen MR) is 64.0 cm³/mol. The van der Waals surface area contributed by atoms with Gasteiger partial charge in [-0.25, -0.2) is 5.10 Å². The van der Waals surface area contributed by atoms with Gasteiger partial charge in [0, 0.05) is 11.8 Å². The number of anilines is 1. The first-order chi connectivity index (χ1) is 8.70. The molecule has 0 aliphatic carbocycles. The van der Waals surface area contributed by atoms with E-state index in [1.807, 2.05) is 6.07 Å². The minimum atomic E-state index is -0.473. The maximum absolute atomic E-state index is 11.8. The van der Waals surface area contributed by atoms with Gasteiger partial charge >= 0.3 is 0 Å². The van der Waals surface area contributed by atoms with Gasteiger partial charge in [0.2, 0.25) is 0 Å². The lowest BCUT2D eigenvalue weighted by Crippen LogP contribution is -2.20. The van der Waals surface area contributed by atoms with Gasteiger partial charge in [0.25, 0.3) is 11.5 Å². The summed E-state index contributed by atoms with van der Waals surface area (Å²) in [4.78, 5) is 23.1. The molecule has 0 saturated carbocycles. The van der Waals surface area contributed by atoms with Crippen LogP contribution < -0.4 is 10.9 Å². The van der Waals surface area contributed by atoms with Crippen molar-refractivity contribution in [2.75, 3.05) is 5.32 Å². The van der Waals surface area contributed by atoms with Crippen molar-refractivity contribution in [2.45, 2.75) is 0 Å². The first kappa shape index (κ1) is 11.5. The van der Waals surface area contributed by atoms with Gasteiger partial charge in [-0.3, -0.25) is 9.59 Å². The molecule has 0 radical (unpaired) electrons. The molecule has 18 heavy (non-hydrogen) atoms. The van der Waals surface area contributed by atoms with Crippen LogP contribution in [0.15, 0.2) is 41.3 Å². The highest BCUT2D eigenvalue weighted by molar-refractivity contribution is 6.04. The number of nitriles is 1. The Labute approximate surface area is 102 Å². The summed E-state index contributed by atoms with van der Waals surface area (Å²) in [7, 11) is 0. The number of rotatable bonds is 2. The standard InChI is InChI=1S/C12H8N4O2/c13-7-8-1-3-9(4-2-8)11(17)15-10-5-6-14-16-12(10)18/h1-6H,(H,16,18)(H,14,15,17). The second-order valence-corrected chi connectivity index (χ2v) is 3.44. The van der Waals surface area contributed by atoms with Crippen molar-refractivity contribution in [3.63, 3.8) is 0 Å². The normalized spacial score (nSPS) is 9.50. The van der Waals surface area contributed by atoms with Crippen LogP contribution in [0.3, 0.4) is 0 Å². The van der Waals surface area contributed by atoms with Gasteiger partial charge < -0.3 is 5.32 Å². The average Bonchev–Trinajstić information content (AvgIpc) is 2.41. The van der Waals surface area contributed by atoms with E-state index in [2.05, 4.69) is 15.5 Å². The van der Waals surface area contributed by atoms with E-state index in [9.17, 15) is 9.59 Å². The van der Waals surface area contributed by atoms with Gasteiger partial charge in [0.15, 0.2) is 0 Å². The Balaban J connectivity index is 2.20.